The summed E-state index contributed by atoms with van der Waals surface area (Å²) in [5, 5.41) is 4.85. The van der Waals surface area contributed by atoms with Gasteiger partial charge in [-0.25, -0.2) is 0 Å². The first-order valence-corrected chi connectivity index (χ1v) is 13.5. The Morgan fingerprint density at radius 1 is 0.400 bits per heavy atom. The molecule has 40 heavy (non-hydrogen) atoms. The van der Waals surface area contributed by atoms with E-state index in [4.69, 9.17) is 0 Å². The normalized spacial score (nSPS) is 11.6. The van der Waals surface area contributed by atoms with Crippen molar-refractivity contribution in [3.05, 3.63) is 157 Å². The molecule has 0 saturated carbocycles. The minimum absolute atomic E-state index is 0.0303. The van der Waals surface area contributed by atoms with Crippen molar-refractivity contribution in [2.75, 3.05) is 0 Å². The molecule has 0 amide bonds. The van der Waals surface area contributed by atoms with Gasteiger partial charge in [-0.05, 0) is 54.6 Å². The number of aromatic nitrogens is 2. The number of carbonyl (C=O) groups is 1. The molecule has 188 valence electrons. The average molecular weight is 513 g/mol. The zero-order valence-electron chi connectivity index (χ0n) is 21.7. The maximum absolute atomic E-state index is 13.1. The van der Waals surface area contributed by atoms with Crippen LogP contribution in [0.15, 0.2) is 146 Å². The summed E-state index contributed by atoms with van der Waals surface area (Å²) in [4.78, 5) is 13.1. The first kappa shape index (κ1) is 22.6. The fourth-order valence-corrected chi connectivity index (χ4v) is 6.15. The summed E-state index contributed by atoms with van der Waals surface area (Å²) in [6.07, 6.45) is 0. The molecule has 0 fully saturated rings. The summed E-state index contributed by atoms with van der Waals surface area (Å²) in [5.41, 5.74) is 8.20. The fourth-order valence-electron chi connectivity index (χ4n) is 6.15. The van der Waals surface area contributed by atoms with E-state index >= 15 is 0 Å². The van der Waals surface area contributed by atoms with Gasteiger partial charge < -0.3 is 9.13 Å². The van der Waals surface area contributed by atoms with E-state index in [9.17, 15) is 4.79 Å². The van der Waals surface area contributed by atoms with E-state index in [-0.39, 0.29) is 5.78 Å². The van der Waals surface area contributed by atoms with Gasteiger partial charge in [0.1, 0.15) is 0 Å². The second kappa shape index (κ2) is 8.82. The topological polar surface area (TPSA) is 26.9 Å². The molecule has 0 N–H and O–H groups in total. The summed E-state index contributed by atoms with van der Waals surface area (Å²) < 4.78 is 4.71. The Morgan fingerprint density at radius 2 is 0.950 bits per heavy atom. The predicted octanol–water partition coefficient (Wildman–Crippen LogP) is 9.11. The summed E-state index contributed by atoms with van der Waals surface area (Å²) in [6, 6.07) is 49.8. The standard InChI is InChI=1S/C37H24N2O/c40-37(25-11-3-1-4-12-25)26-19-21-28(22-20-26)39-32-17-9-7-15-29(32)30-23-24-34-35(36(30)39)31-16-8-10-18-33(31)38(34)27-13-5-2-6-14-27/h1-24H. The minimum atomic E-state index is 0.0303. The van der Waals surface area contributed by atoms with Crippen LogP contribution < -0.4 is 0 Å². The zero-order chi connectivity index (χ0) is 26.6. The van der Waals surface area contributed by atoms with E-state index < -0.39 is 0 Å². The molecule has 0 saturated heterocycles. The van der Waals surface area contributed by atoms with E-state index in [0.29, 0.717) is 11.1 Å². The van der Waals surface area contributed by atoms with Gasteiger partial charge in [-0.3, -0.25) is 4.79 Å². The molecule has 3 nitrogen and oxygen atoms in total. The summed E-state index contributed by atoms with van der Waals surface area (Å²) in [7, 11) is 0. The van der Waals surface area contributed by atoms with Crippen LogP contribution in [-0.4, -0.2) is 14.9 Å². The number of para-hydroxylation sites is 3. The van der Waals surface area contributed by atoms with Gasteiger partial charge in [-0.2, -0.15) is 0 Å². The van der Waals surface area contributed by atoms with E-state index in [1.54, 1.807) is 0 Å². The Kier molecular flexibility index (Phi) is 4.98. The predicted molar refractivity (Wildman–Crippen MR) is 165 cm³/mol. The van der Waals surface area contributed by atoms with Crippen molar-refractivity contribution in [1.82, 2.24) is 9.13 Å². The lowest BCUT2D eigenvalue weighted by molar-refractivity contribution is 0.103. The third-order valence-corrected chi connectivity index (χ3v) is 7.91. The van der Waals surface area contributed by atoms with Gasteiger partial charge in [-0.15, -0.1) is 0 Å². The Labute approximate surface area is 231 Å². The molecule has 2 heterocycles. The number of ketones is 1. The van der Waals surface area contributed by atoms with Crippen molar-refractivity contribution < 1.29 is 4.79 Å². The summed E-state index contributed by atoms with van der Waals surface area (Å²) in [6.45, 7) is 0. The van der Waals surface area contributed by atoms with E-state index in [1.165, 1.54) is 38.1 Å². The van der Waals surface area contributed by atoms with Crippen molar-refractivity contribution in [2.45, 2.75) is 0 Å². The van der Waals surface area contributed by atoms with Gasteiger partial charge in [0.25, 0.3) is 0 Å². The van der Waals surface area contributed by atoms with Crippen LogP contribution in [0.4, 0.5) is 0 Å². The Bertz CT molecular complexity index is 2200. The molecule has 0 bridgehead atoms. The number of nitrogens with zero attached hydrogens (tertiary/aromatic N) is 2. The molecule has 6 aromatic carbocycles. The molecular formula is C37H24N2O. The van der Waals surface area contributed by atoms with Gasteiger partial charge >= 0.3 is 0 Å². The number of hydrogen-bond donors (Lipinski definition) is 0. The van der Waals surface area contributed by atoms with Gasteiger partial charge in [0.2, 0.25) is 0 Å². The van der Waals surface area contributed by atoms with Gasteiger partial charge in [-0.1, -0.05) is 91.0 Å². The van der Waals surface area contributed by atoms with Crippen molar-refractivity contribution in [2.24, 2.45) is 0 Å². The van der Waals surface area contributed by atoms with Gasteiger partial charge in [0.15, 0.2) is 5.78 Å². The first-order valence-electron chi connectivity index (χ1n) is 13.5. The maximum Gasteiger partial charge on any atom is 0.193 e. The van der Waals surface area contributed by atoms with Crippen molar-refractivity contribution in [3.8, 4) is 11.4 Å². The minimum Gasteiger partial charge on any atom is -0.309 e. The molecule has 0 aliphatic carbocycles. The highest BCUT2D eigenvalue weighted by molar-refractivity contribution is 6.26. The lowest BCUT2D eigenvalue weighted by atomic mass is 10.0. The smallest absolute Gasteiger partial charge is 0.193 e. The van der Waals surface area contributed by atoms with Gasteiger partial charge in [0.05, 0.1) is 22.1 Å². The largest absolute Gasteiger partial charge is 0.309 e. The van der Waals surface area contributed by atoms with Crippen molar-refractivity contribution in [1.29, 1.82) is 0 Å². The van der Waals surface area contributed by atoms with Crippen molar-refractivity contribution >= 4 is 49.4 Å². The lowest BCUT2D eigenvalue weighted by Gasteiger charge is -2.11. The van der Waals surface area contributed by atoms with Crippen LogP contribution in [-0.2, 0) is 0 Å². The molecule has 0 spiro atoms. The van der Waals surface area contributed by atoms with Crippen LogP contribution in [0, 0.1) is 0 Å². The van der Waals surface area contributed by atoms with Crippen LogP contribution >= 0.6 is 0 Å². The number of benzene rings is 6. The Balaban J connectivity index is 1.44. The zero-order valence-corrected chi connectivity index (χ0v) is 21.7. The molecule has 0 radical (unpaired) electrons. The van der Waals surface area contributed by atoms with E-state index in [1.807, 2.05) is 42.5 Å². The maximum atomic E-state index is 13.1. The molecular weight excluding hydrogens is 488 g/mol. The first-order chi connectivity index (χ1) is 19.8. The second-order valence-corrected chi connectivity index (χ2v) is 10.1. The number of hydrogen-bond acceptors (Lipinski definition) is 1. The van der Waals surface area contributed by atoms with Crippen LogP contribution in [0.5, 0.6) is 0 Å². The summed E-state index contributed by atoms with van der Waals surface area (Å²) in [5.74, 6) is 0.0303. The molecule has 2 aromatic heterocycles. The molecule has 0 unspecified atom stereocenters. The number of carbonyl (C=O) groups excluding carboxylic acids is 1. The van der Waals surface area contributed by atoms with Gasteiger partial charge in [0, 0.05) is 44.0 Å². The molecule has 0 aliphatic heterocycles. The van der Waals surface area contributed by atoms with E-state index in [2.05, 4.69) is 112 Å². The molecule has 0 atom stereocenters. The Hall–Kier alpha value is -5.41. The third-order valence-electron chi connectivity index (χ3n) is 7.91. The highest BCUT2D eigenvalue weighted by Gasteiger charge is 2.20. The number of fused-ring (bicyclic) bond motifs is 7. The van der Waals surface area contributed by atoms with E-state index in [0.717, 1.165) is 16.9 Å². The highest BCUT2D eigenvalue weighted by atomic mass is 16.1. The monoisotopic (exact) mass is 512 g/mol. The number of rotatable bonds is 4. The molecule has 8 aromatic rings. The fraction of sp³-hybridized carbons (Fsp3) is 0. The summed E-state index contributed by atoms with van der Waals surface area (Å²) >= 11 is 0. The second-order valence-electron chi connectivity index (χ2n) is 10.1. The van der Waals surface area contributed by atoms with Crippen LogP contribution in [0.2, 0.25) is 0 Å². The molecule has 0 aliphatic rings. The molecule has 8 rings (SSSR count). The van der Waals surface area contributed by atoms with Crippen LogP contribution in [0.3, 0.4) is 0 Å². The third kappa shape index (κ3) is 3.28. The molecule has 3 heteroatoms. The van der Waals surface area contributed by atoms with Crippen molar-refractivity contribution in [3.63, 3.8) is 0 Å². The highest BCUT2D eigenvalue weighted by Crippen LogP contribution is 2.41. The van der Waals surface area contributed by atoms with Crippen LogP contribution in [0.1, 0.15) is 15.9 Å². The quantitative estimate of drug-likeness (QED) is 0.216. The lowest BCUT2D eigenvalue weighted by Crippen LogP contribution is -2.02. The Morgan fingerprint density at radius 3 is 1.68 bits per heavy atom. The average Bonchev–Trinajstić information content (AvgIpc) is 3.55. The SMILES string of the molecule is O=C(c1ccccc1)c1ccc(-n2c3ccccc3c3ccc4c(c5ccccc5n4-c4ccccc4)c32)cc1. The van der Waals surface area contributed by atoms with Crippen LogP contribution in [0.25, 0.3) is 55.0 Å².